The van der Waals surface area contributed by atoms with Crippen LogP contribution in [0.1, 0.15) is 5.56 Å². The number of hydrogen-bond acceptors (Lipinski definition) is 3. The number of aryl methyl sites for hydroxylation is 1. The molecule has 0 radical (unpaired) electrons. The van der Waals surface area contributed by atoms with Crippen molar-refractivity contribution in [1.82, 2.24) is 9.55 Å². The van der Waals surface area contributed by atoms with Gasteiger partial charge in [0.05, 0.1) is 23.3 Å². The van der Waals surface area contributed by atoms with Gasteiger partial charge in [0.15, 0.2) is 0 Å². The molecular weight excluding hydrogens is 312 g/mol. The van der Waals surface area contributed by atoms with Crippen LogP contribution in [0.2, 0.25) is 0 Å². The third kappa shape index (κ3) is 2.55. The molecule has 25 heavy (non-hydrogen) atoms. The fraction of sp³-hybridized carbons (Fsp3) is 0.0500. The van der Waals surface area contributed by atoms with Crippen LogP contribution in [0.15, 0.2) is 78.0 Å². The molecule has 0 saturated heterocycles. The van der Waals surface area contributed by atoms with Crippen molar-refractivity contribution in [2.45, 2.75) is 6.92 Å². The molecular formula is C20H17N4O+. The van der Waals surface area contributed by atoms with Gasteiger partial charge in [-0.25, -0.2) is 4.57 Å². The van der Waals surface area contributed by atoms with E-state index in [4.69, 9.17) is 5.73 Å². The third-order valence-electron chi connectivity index (χ3n) is 4.20. The molecule has 0 spiro atoms. The first-order valence-electron chi connectivity index (χ1n) is 7.99. The molecule has 0 unspecified atom stereocenters. The molecule has 4 rings (SSSR count). The fourth-order valence-electron chi connectivity index (χ4n) is 2.97. The molecule has 0 fully saturated rings. The molecule has 0 aliphatic heterocycles. The second-order valence-electron chi connectivity index (χ2n) is 5.91. The van der Waals surface area contributed by atoms with Gasteiger partial charge in [0.2, 0.25) is 0 Å². The summed E-state index contributed by atoms with van der Waals surface area (Å²) in [4.78, 5) is 17.3. The number of nitrogen functional groups attached to an aromatic ring is 1. The molecule has 0 saturated carbocycles. The average Bonchev–Trinajstić information content (AvgIpc) is 2.64. The van der Waals surface area contributed by atoms with Crippen LogP contribution in [0.5, 0.6) is 0 Å². The van der Waals surface area contributed by atoms with Gasteiger partial charge in [-0.1, -0.05) is 18.2 Å². The molecule has 0 aliphatic carbocycles. The maximum atomic E-state index is 12.8. The Bertz CT molecular complexity index is 1120. The standard InChI is InChI=1S/C20H16N4O/c1-14-13-17-18(24(20(14)25)16-5-3-2-4-6-16)7-10-22-19(17)23-11-8-15(21)9-12-23/h2-13,21H,1H3/p+1. The topological polar surface area (TPSA) is 64.8 Å². The minimum Gasteiger partial charge on any atom is -0.399 e. The molecule has 2 N–H and O–H groups in total. The normalized spacial score (nSPS) is 10.9. The molecule has 122 valence electrons. The molecule has 0 bridgehead atoms. The first-order chi connectivity index (χ1) is 12.1. The summed E-state index contributed by atoms with van der Waals surface area (Å²) in [6.45, 7) is 1.83. The number of pyridine rings is 3. The number of nitrogens with zero attached hydrogens (tertiary/aromatic N) is 3. The number of fused-ring (bicyclic) bond motifs is 1. The van der Waals surface area contributed by atoms with Gasteiger partial charge in [-0.3, -0.25) is 9.36 Å². The van der Waals surface area contributed by atoms with Crippen LogP contribution in [-0.2, 0) is 0 Å². The SMILES string of the molecule is Cc1cc2c(-[n+]3ccc(N)cc3)nccc2n(-c2ccccc2)c1=O. The second-order valence-corrected chi connectivity index (χ2v) is 5.91. The van der Waals surface area contributed by atoms with E-state index in [2.05, 4.69) is 4.98 Å². The van der Waals surface area contributed by atoms with Crippen LogP contribution in [-0.4, -0.2) is 9.55 Å². The summed E-state index contributed by atoms with van der Waals surface area (Å²) in [7, 11) is 0. The largest absolute Gasteiger partial charge is 0.399 e. The zero-order chi connectivity index (χ0) is 17.4. The maximum Gasteiger partial charge on any atom is 0.336 e. The van der Waals surface area contributed by atoms with Crippen molar-refractivity contribution in [2.24, 2.45) is 0 Å². The molecule has 0 atom stereocenters. The quantitative estimate of drug-likeness (QED) is 0.575. The zero-order valence-corrected chi connectivity index (χ0v) is 13.8. The van der Waals surface area contributed by atoms with Crippen molar-refractivity contribution in [3.05, 3.63) is 89.1 Å². The van der Waals surface area contributed by atoms with E-state index in [0.29, 0.717) is 11.3 Å². The Morgan fingerprint density at radius 3 is 2.48 bits per heavy atom. The molecule has 1 aromatic carbocycles. The smallest absolute Gasteiger partial charge is 0.336 e. The number of para-hydroxylation sites is 1. The molecule has 0 aliphatic rings. The number of hydrogen-bond donors (Lipinski definition) is 1. The Hall–Kier alpha value is -3.47. The highest BCUT2D eigenvalue weighted by molar-refractivity contribution is 5.85. The summed E-state index contributed by atoms with van der Waals surface area (Å²) in [5.41, 5.74) is 8.76. The predicted octanol–water partition coefficient (Wildman–Crippen LogP) is 2.55. The van der Waals surface area contributed by atoms with E-state index in [1.165, 1.54) is 0 Å². The molecule has 5 nitrogen and oxygen atoms in total. The van der Waals surface area contributed by atoms with Gasteiger partial charge in [-0.15, -0.1) is 0 Å². The van der Waals surface area contributed by atoms with Gasteiger partial charge < -0.3 is 5.73 Å². The van der Waals surface area contributed by atoms with Crippen molar-refractivity contribution in [2.75, 3.05) is 5.73 Å². The Balaban J connectivity index is 2.08. The first kappa shape index (κ1) is 15.1. The average molecular weight is 329 g/mol. The van der Waals surface area contributed by atoms with E-state index in [-0.39, 0.29) is 5.56 Å². The van der Waals surface area contributed by atoms with E-state index >= 15 is 0 Å². The highest BCUT2D eigenvalue weighted by Crippen LogP contribution is 2.20. The first-order valence-corrected chi connectivity index (χ1v) is 7.99. The van der Waals surface area contributed by atoms with E-state index in [0.717, 1.165) is 22.4 Å². The third-order valence-corrected chi connectivity index (χ3v) is 4.20. The fourth-order valence-corrected chi connectivity index (χ4v) is 2.97. The maximum absolute atomic E-state index is 12.8. The Morgan fingerprint density at radius 1 is 1.04 bits per heavy atom. The van der Waals surface area contributed by atoms with Gasteiger partial charge >= 0.3 is 5.82 Å². The van der Waals surface area contributed by atoms with Crippen LogP contribution in [0.4, 0.5) is 5.69 Å². The van der Waals surface area contributed by atoms with Gasteiger partial charge in [0, 0.05) is 35.1 Å². The van der Waals surface area contributed by atoms with Gasteiger partial charge in [-0.05, 0) is 30.1 Å². The van der Waals surface area contributed by atoms with Crippen molar-refractivity contribution >= 4 is 16.6 Å². The summed E-state index contributed by atoms with van der Waals surface area (Å²) in [6.07, 6.45) is 5.45. The summed E-state index contributed by atoms with van der Waals surface area (Å²) in [5.74, 6) is 0.755. The summed E-state index contributed by atoms with van der Waals surface area (Å²) in [5, 5.41) is 0.901. The van der Waals surface area contributed by atoms with Crippen molar-refractivity contribution < 1.29 is 4.57 Å². The van der Waals surface area contributed by atoms with E-state index in [1.54, 1.807) is 10.8 Å². The van der Waals surface area contributed by atoms with Gasteiger partial charge in [0.1, 0.15) is 6.20 Å². The van der Waals surface area contributed by atoms with Crippen molar-refractivity contribution in [3.63, 3.8) is 0 Å². The van der Waals surface area contributed by atoms with Crippen molar-refractivity contribution in [3.8, 4) is 11.5 Å². The lowest BCUT2D eigenvalue weighted by atomic mass is 10.1. The number of anilines is 1. The van der Waals surface area contributed by atoms with E-state index < -0.39 is 0 Å². The van der Waals surface area contributed by atoms with Crippen LogP contribution in [0, 0.1) is 6.92 Å². The second kappa shape index (κ2) is 5.87. The number of rotatable bonds is 2. The minimum atomic E-state index is -0.0295. The highest BCUT2D eigenvalue weighted by atomic mass is 16.1. The molecule has 3 heterocycles. The lowest BCUT2D eigenvalue weighted by Gasteiger charge is -2.11. The van der Waals surface area contributed by atoms with Gasteiger partial charge in [-0.2, -0.15) is 0 Å². The summed E-state index contributed by atoms with van der Waals surface area (Å²) >= 11 is 0. The summed E-state index contributed by atoms with van der Waals surface area (Å²) in [6, 6.07) is 17.0. The van der Waals surface area contributed by atoms with Crippen LogP contribution >= 0.6 is 0 Å². The van der Waals surface area contributed by atoms with Crippen LogP contribution in [0.25, 0.3) is 22.4 Å². The monoisotopic (exact) mass is 329 g/mol. The molecule has 0 amide bonds. The van der Waals surface area contributed by atoms with Crippen LogP contribution < -0.4 is 15.9 Å². The van der Waals surface area contributed by atoms with Crippen LogP contribution in [0.3, 0.4) is 0 Å². The molecule has 4 aromatic rings. The number of nitrogens with two attached hydrogens (primary N) is 1. The number of aromatic nitrogens is 3. The van der Waals surface area contributed by atoms with Crippen molar-refractivity contribution in [1.29, 1.82) is 0 Å². The van der Waals surface area contributed by atoms with Gasteiger partial charge in [0.25, 0.3) is 5.56 Å². The lowest BCUT2D eigenvalue weighted by Crippen LogP contribution is -2.32. The zero-order valence-electron chi connectivity index (χ0n) is 13.8. The lowest BCUT2D eigenvalue weighted by molar-refractivity contribution is -0.597. The Kier molecular flexibility index (Phi) is 3.54. The van der Waals surface area contributed by atoms with E-state index in [1.807, 2.05) is 78.5 Å². The minimum absolute atomic E-state index is 0.0295. The number of benzene rings is 1. The molecule has 3 aromatic heterocycles. The Labute approximate surface area is 144 Å². The molecule has 5 heteroatoms. The Morgan fingerprint density at radius 2 is 1.76 bits per heavy atom. The summed E-state index contributed by atoms with van der Waals surface area (Å²) < 4.78 is 3.63. The predicted molar refractivity (Wildman–Crippen MR) is 98.0 cm³/mol. The van der Waals surface area contributed by atoms with E-state index in [9.17, 15) is 4.79 Å². The highest BCUT2D eigenvalue weighted by Gasteiger charge is 2.18.